The zero-order valence-corrected chi connectivity index (χ0v) is 12.8. The van der Waals surface area contributed by atoms with E-state index in [-0.39, 0.29) is 5.75 Å². The molecule has 0 radical (unpaired) electrons. The van der Waals surface area contributed by atoms with Gasteiger partial charge in [0.2, 0.25) is 0 Å². The molecule has 0 saturated heterocycles. The lowest BCUT2D eigenvalue weighted by Gasteiger charge is -2.08. The highest BCUT2D eigenvalue weighted by atomic mass is 35.5. The maximum atomic E-state index is 12.3. The van der Waals surface area contributed by atoms with E-state index in [1.165, 1.54) is 0 Å². The van der Waals surface area contributed by atoms with Crippen LogP contribution in [0.25, 0.3) is 0 Å². The molecule has 2 nitrogen and oxygen atoms in total. The van der Waals surface area contributed by atoms with Crippen LogP contribution in [0.3, 0.4) is 0 Å². The Labute approximate surface area is 128 Å². The van der Waals surface area contributed by atoms with Gasteiger partial charge >= 0.3 is 0 Å². The predicted octanol–water partition coefficient (Wildman–Crippen LogP) is 4.54. The van der Waals surface area contributed by atoms with Gasteiger partial charge in [0.1, 0.15) is 0 Å². The van der Waals surface area contributed by atoms with Gasteiger partial charge in [-0.15, -0.1) is 0 Å². The van der Waals surface area contributed by atoms with Crippen LogP contribution in [0, 0.1) is 0 Å². The SMILES string of the molecule is Nc1ccc(Cl)cc1S(=O)Cc1cccc(Cl)c1Cl. The van der Waals surface area contributed by atoms with E-state index in [9.17, 15) is 4.21 Å². The number of nitrogens with two attached hydrogens (primary N) is 1. The third-order valence-electron chi connectivity index (χ3n) is 2.54. The van der Waals surface area contributed by atoms with Crippen molar-refractivity contribution in [3.8, 4) is 0 Å². The largest absolute Gasteiger partial charge is 0.398 e. The molecular formula is C13H10Cl3NOS. The first-order chi connectivity index (χ1) is 8.99. The summed E-state index contributed by atoms with van der Waals surface area (Å²) in [4.78, 5) is 0.503. The maximum absolute atomic E-state index is 12.3. The van der Waals surface area contributed by atoms with Crippen molar-refractivity contribution >= 4 is 51.3 Å². The van der Waals surface area contributed by atoms with Crippen LogP contribution in [0.5, 0.6) is 0 Å². The Morgan fingerprint density at radius 1 is 1.11 bits per heavy atom. The van der Waals surface area contributed by atoms with Crippen LogP contribution in [0.4, 0.5) is 5.69 Å². The van der Waals surface area contributed by atoms with Crippen molar-refractivity contribution in [2.45, 2.75) is 10.6 Å². The van der Waals surface area contributed by atoms with Gasteiger partial charge < -0.3 is 5.73 Å². The molecule has 0 aliphatic rings. The molecule has 1 unspecified atom stereocenters. The first-order valence-electron chi connectivity index (χ1n) is 5.35. The fourth-order valence-electron chi connectivity index (χ4n) is 1.58. The van der Waals surface area contributed by atoms with Crippen molar-refractivity contribution in [1.29, 1.82) is 0 Å². The van der Waals surface area contributed by atoms with Crippen LogP contribution in [0.2, 0.25) is 15.1 Å². The Morgan fingerprint density at radius 3 is 2.58 bits per heavy atom. The van der Waals surface area contributed by atoms with Crippen LogP contribution in [0.15, 0.2) is 41.3 Å². The number of hydrogen-bond acceptors (Lipinski definition) is 2. The first-order valence-corrected chi connectivity index (χ1v) is 7.80. The van der Waals surface area contributed by atoms with E-state index in [2.05, 4.69) is 0 Å². The highest BCUT2D eigenvalue weighted by molar-refractivity contribution is 7.84. The molecular weight excluding hydrogens is 325 g/mol. The Morgan fingerprint density at radius 2 is 1.84 bits per heavy atom. The quantitative estimate of drug-likeness (QED) is 0.838. The topological polar surface area (TPSA) is 43.1 Å². The summed E-state index contributed by atoms with van der Waals surface area (Å²) in [5.41, 5.74) is 6.96. The van der Waals surface area contributed by atoms with Crippen LogP contribution < -0.4 is 5.73 Å². The van der Waals surface area contributed by atoms with Crippen LogP contribution in [-0.4, -0.2) is 4.21 Å². The van der Waals surface area contributed by atoms with Crippen molar-refractivity contribution in [2.75, 3.05) is 5.73 Å². The maximum Gasteiger partial charge on any atom is 0.0635 e. The van der Waals surface area contributed by atoms with Gasteiger partial charge in [-0.05, 0) is 29.8 Å². The van der Waals surface area contributed by atoms with Crippen LogP contribution in [-0.2, 0) is 16.6 Å². The molecule has 0 spiro atoms. The summed E-state index contributed by atoms with van der Waals surface area (Å²) >= 11 is 17.9. The summed E-state index contributed by atoms with van der Waals surface area (Å²) in [6.45, 7) is 0. The normalized spacial score (nSPS) is 12.4. The van der Waals surface area contributed by atoms with E-state index < -0.39 is 10.8 Å². The molecule has 0 fully saturated rings. The minimum atomic E-state index is -1.33. The number of halogens is 3. The van der Waals surface area contributed by atoms with Gasteiger partial charge in [0.05, 0.1) is 31.5 Å². The minimum Gasteiger partial charge on any atom is -0.398 e. The third kappa shape index (κ3) is 3.42. The molecule has 0 amide bonds. The van der Waals surface area contributed by atoms with E-state index in [1.54, 1.807) is 36.4 Å². The average molecular weight is 335 g/mol. The molecule has 100 valence electrons. The van der Waals surface area contributed by atoms with E-state index in [0.29, 0.717) is 31.2 Å². The van der Waals surface area contributed by atoms with Crippen molar-refractivity contribution in [3.63, 3.8) is 0 Å². The fourth-order valence-corrected chi connectivity index (χ4v) is 3.56. The Kier molecular flexibility index (Phi) is 4.74. The second-order valence-electron chi connectivity index (χ2n) is 3.88. The van der Waals surface area contributed by atoms with Gasteiger partial charge in [0, 0.05) is 10.7 Å². The van der Waals surface area contributed by atoms with Gasteiger partial charge in [-0.2, -0.15) is 0 Å². The summed E-state index contributed by atoms with van der Waals surface area (Å²) in [6, 6.07) is 10.1. The Hall–Kier alpha value is -0.740. The van der Waals surface area contributed by atoms with Gasteiger partial charge in [-0.3, -0.25) is 4.21 Å². The first kappa shape index (κ1) is 14.7. The lowest BCUT2D eigenvalue weighted by Crippen LogP contribution is -2.01. The van der Waals surface area contributed by atoms with Crippen molar-refractivity contribution in [2.24, 2.45) is 0 Å². The Bertz CT molecular complexity index is 646. The molecule has 2 N–H and O–H groups in total. The summed E-state index contributed by atoms with van der Waals surface area (Å²) in [5, 5.41) is 1.35. The van der Waals surface area contributed by atoms with Crippen LogP contribution in [0.1, 0.15) is 5.56 Å². The lowest BCUT2D eigenvalue weighted by molar-refractivity contribution is 0.683. The molecule has 0 aliphatic carbocycles. The summed E-state index contributed by atoms with van der Waals surface area (Å²) < 4.78 is 12.3. The number of anilines is 1. The van der Waals surface area contributed by atoms with Crippen molar-refractivity contribution < 1.29 is 4.21 Å². The van der Waals surface area contributed by atoms with Gasteiger partial charge in [0.25, 0.3) is 0 Å². The predicted molar refractivity (Wildman–Crippen MR) is 82.4 cm³/mol. The minimum absolute atomic E-state index is 0.240. The summed E-state index contributed by atoms with van der Waals surface area (Å²) in [6.07, 6.45) is 0. The number of rotatable bonds is 3. The van der Waals surface area contributed by atoms with E-state index in [0.717, 1.165) is 0 Å². The highest BCUT2D eigenvalue weighted by Crippen LogP contribution is 2.29. The van der Waals surface area contributed by atoms with Crippen molar-refractivity contribution in [1.82, 2.24) is 0 Å². The number of benzene rings is 2. The van der Waals surface area contributed by atoms with Gasteiger partial charge in [0.15, 0.2) is 0 Å². The number of hydrogen-bond donors (Lipinski definition) is 1. The molecule has 0 saturated carbocycles. The third-order valence-corrected chi connectivity index (χ3v) is 5.05. The smallest absolute Gasteiger partial charge is 0.0635 e. The number of nitrogen functional groups attached to an aromatic ring is 1. The van der Waals surface area contributed by atoms with Crippen LogP contribution >= 0.6 is 34.8 Å². The molecule has 1 atom stereocenters. The summed E-state index contributed by atoms with van der Waals surface area (Å²) in [7, 11) is -1.33. The summed E-state index contributed by atoms with van der Waals surface area (Å²) in [5.74, 6) is 0.240. The average Bonchev–Trinajstić information content (AvgIpc) is 2.38. The van der Waals surface area contributed by atoms with Crippen molar-refractivity contribution in [3.05, 3.63) is 57.0 Å². The molecule has 0 bridgehead atoms. The zero-order valence-electron chi connectivity index (χ0n) is 9.70. The molecule has 2 aromatic carbocycles. The van der Waals surface area contributed by atoms with Gasteiger partial charge in [-0.25, -0.2) is 0 Å². The zero-order chi connectivity index (χ0) is 14.0. The molecule has 19 heavy (non-hydrogen) atoms. The fraction of sp³-hybridized carbons (Fsp3) is 0.0769. The Balaban J connectivity index is 2.31. The lowest BCUT2D eigenvalue weighted by atomic mass is 10.2. The standard InChI is InChI=1S/C13H10Cl3NOS/c14-9-4-5-11(17)12(6-9)19(18)7-8-2-1-3-10(15)13(8)16/h1-6H,7,17H2. The van der Waals surface area contributed by atoms with E-state index >= 15 is 0 Å². The molecule has 2 aromatic rings. The second kappa shape index (κ2) is 6.14. The highest BCUT2D eigenvalue weighted by Gasteiger charge is 2.13. The van der Waals surface area contributed by atoms with Gasteiger partial charge in [-0.1, -0.05) is 46.9 Å². The monoisotopic (exact) mass is 333 g/mol. The molecule has 0 aliphatic heterocycles. The second-order valence-corrected chi connectivity index (χ2v) is 6.53. The van der Waals surface area contributed by atoms with E-state index in [1.807, 2.05) is 0 Å². The molecule has 0 aromatic heterocycles. The molecule has 6 heteroatoms. The molecule has 0 heterocycles. The van der Waals surface area contributed by atoms with E-state index in [4.69, 9.17) is 40.5 Å². The molecule has 2 rings (SSSR count).